The largest absolute Gasteiger partial charge is 0.506 e. The molecule has 0 radical (unpaired) electrons. The van der Waals surface area contributed by atoms with Crippen molar-refractivity contribution < 1.29 is 58.0 Å². The third-order valence-electron chi connectivity index (χ3n) is 7.09. The fourth-order valence-electron chi connectivity index (χ4n) is 4.66. The number of nitrogens with one attached hydrogen (secondary N) is 2. The number of carbonyl (C=O) groups is 6. The Morgan fingerprint density at radius 1 is 0.717 bits per heavy atom. The average Bonchev–Trinajstić information content (AvgIpc) is 3.01. The summed E-state index contributed by atoms with van der Waals surface area (Å²) in [6.45, 7) is 0.927. The molecule has 2 aliphatic carbocycles. The summed E-state index contributed by atoms with van der Waals surface area (Å²) >= 11 is 0. The van der Waals surface area contributed by atoms with Crippen LogP contribution in [-0.4, -0.2) is 68.8 Å². The molecule has 2 aromatic rings. The molecule has 16 heteroatoms. The van der Waals surface area contributed by atoms with Crippen LogP contribution in [0.2, 0.25) is 0 Å². The van der Waals surface area contributed by atoms with Gasteiger partial charge >= 0.3 is 11.9 Å². The van der Waals surface area contributed by atoms with Crippen molar-refractivity contribution in [1.82, 2.24) is 10.6 Å². The zero-order valence-electron chi connectivity index (χ0n) is 23.8. The molecule has 2 aromatic carbocycles. The number of aliphatic carboxylic acids is 2. The highest BCUT2D eigenvalue weighted by Gasteiger charge is 2.48. The van der Waals surface area contributed by atoms with Gasteiger partial charge in [-0.2, -0.15) is 10.5 Å². The van der Waals surface area contributed by atoms with Crippen molar-refractivity contribution in [2.75, 3.05) is 13.1 Å². The van der Waals surface area contributed by atoms with E-state index in [0.717, 1.165) is 24.3 Å². The zero-order chi connectivity index (χ0) is 34.7. The van der Waals surface area contributed by atoms with Crippen LogP contribution in [0.25, 0.3) is 11.5 Å². The van der Waals surface area contributed by atoms with Gasteiger partial charge < -0.3 is 31.1 Å². The van der Waals surface area contributed by atoms with Crippen molar-refractivity contribution in [3.05, 3.63) is 81.4 Å². The molecule has 4 rings (SSSR count). The van der Waals surface area contributed by atoms with Gasteiger partial charge in [-0.25, -0.2) is 8.78 Å². The number of aliphatic hydroxyl groups excluding tert-OH is 2. The van der Waals surface area contributed by atoms with E-state index < -0.39 is 93.5 Å². The Hall–Kier alpha value is -6.42. The molecule has 0 heterocycles. The fraction of sp³-hybridized carbons (Fsp3) is 0.200. The van der Waals surface area contributed by atoms with Crippen molar-refractivity contribution >= 4 is 46.8 Å². The summed E-state index contributed by atoms with van der Waals surface area (Å²) in [5, 5.41) is 60.0. The number of fused-ring (bicyclic) bond motifs is 2. The van der Waals surface area contributed by atoms with E-state index in [0.29, 0.717) is 0 Å². The number of carboxylic acid groups (broad SMARTS) is 2. The summed E-state index contributed by atoms with van der Waals surface area (Å²) in [6.07, 6.45) is 0. The van der Waals surface area contributed by atoms with Crippen LogP contribution in [0.1, 0.15) is 36.1 Å². The lowest BCUT2D eigenvalue weighted by atomic mass is 9.70. The minimum Gasteiger partial charge on any atom is -0.506 e. The standard InChI is InChI=1S/2C15H11FN2O5/c2*1-15(6-17)9-3-2-7(16)4-8(9)12(21)11(13(15)22)14(23)18-5-10(19)20/h2*2-4,21H,5H2,1H3,(H,18,23)(H,19,20)/t2*15-/m10/s1. The lowest BCUT2D eigenvalue weighted by Crippen LogP contribution is -2.43. The van der Waals surface area contributed by atoms with Crippen LogP contribution in [0, 0.1) is 34.3 Å². The van der Waals surface area contributed by atoms with Gasteiger partial charge in [0.15, 0.2) is 11.6 Å². The first-order valence-electron chi connectivity index (χ1n) is 12.8. The number of carboxylic acids is 2. The van der Waals surface area contributed by atoms with E-state index in [4.69, 9.17) is 10.2 Å². The van der Waals surface area contributed by atoms with Gasteiger partial charge in [0, 0.05) is 11.1 Å². The molecule has 0 fully saturated rings. The predicted molar refractivity (Wildman–Crippen MR) is 149 cm³/mol. The first-order chi connectivity index (χ1) is 21.4. The Morgan fingerprint density at radius 2 is 1.04 bits per heavy atom. The van der Waals surface area contributed by atoms with Gasteiger partial charge in [-0.1, -0.05) is 12.1 Å². The second-order valence-electron chi connectivity index (χ2n) is 10.1. The number of carbonyl (C=O) groups excluding carboxylic acids is 4. The molecular formula is C30H22F2N4O10. The van der Waals surface area contributed by atoms with Crippen molar-refractivity contribution in [3.8, 4) is 12.1 Å². The molecule has 2 aliphatic rings. The van der Waals surface area contributed by atoms with Gasteiger partial charge in [0.2, 0.25) is 0 Å². The van der Waals surface area contributed by atoms with E-state index >= 15 is 0 Å². The Kier molecular flexibility index (Phi) is 9.38. The zero-order valence-corrected chi connectivity index (χ0v) is 23.8. The number of ketones is 2. The summed E-state index contributed by atoms with van der Waals surface area (Å²) in [7, 11) is 0. The van der Waals surface area contributed by atoms with Gasteiger partial charge in [-0.3, -0.25) is 28.8 Å². The normalized spacial score (nSPS) is 19.8. The van der Waals surface area contributed by atoms with E-state index in [2.05, 4.69) is 0 Å². The predicted octanol–water partition coefficient (Wildman–Crippen LogP) is 1.32. The van der Waals surface area contributed by atoms with Crippen LogP contribution in [0.5, 0.6) is 0 Å². The van der Waals surface area contributed by atoms with Gasteiger partial charge in [0.05, 0.1) is 12.1 Å². The highest BCUT2D eigenvalue weighted by atomic mass is 19.1. The number of benzene rings is 2. The van der Waals surface area contributed by atoms with Crippen molar-refractivity contribution in [1.29, 1.82) is 10.5 Å². The van der Waals surface area contributed by atoms with E-state index in [1.165, 1.54) is 26.0 Å². The number of Topliss-reactive ketones (excluding diaryl/α,β-unsaturated/α-hetero) is 2. The summed E-state index contributed by atoms with van der Waals surface area (Å²) < 4.78 is 26.8. The number of hydrogen-bond donors (Lipinski definition) is 6. The lowest BCUT2D eigenvalue weighted by Gasteiger charge is -2.29. The number of rotatable bonds is 6. The number of nitriles is 2. The maximum absolute atomic E-state index is 13.4. The Labute approximate surface area is 257 Å². The van der Waals surface area contributed by atoms with Gasteiger partial charge in [-0.05, 0) is 49.2 Å². The molecule has 2 atom stereocenters. The number of halogens is 2. The van der Waals surface area contributed by atoms with Crippen LogP contribution in [-0.2, 0) is 39.6 Å². The Bertz CT molecular complexity index is 1750. The first kappa shape index (κ1) is 34.1. The lowest BCUT2D eigenvalue weighted by molar-refractivity contribution is -0.138. The highest BCUT2D eigenvalue weighted by molar-refractivity contribution is 6.30. The average molecular weight is 637 g/mol. The van der Waals surface area contributed by atoms with E-state index in [1.807, 2.05) is 10.6 Å². The number of hydrogen-bond acceptors (Lipinski definition) is 10. The molecule has 14 nitrogen and oxygen atoms in total. The minimum absolute atomic E-state index is 0.0682. The van der Waals surface area contributed by atoms with Crippen molar-refractivity contribution in [2.45, 2.75) is 24.7 Å². The summed E-state index contributed by atoms with van der Waals surface area (Å²) in [4.78, 5) is 70.0. The third kappa shape index (κ3) is 6.00. The maximum atomic E-state index is 13.4. The second-order valence-corrected chi connectivity index (χ2v) is 10.1. The SMILES string of the molecule is C[C@@]1(C#N)C(=O)C(C(=O)NCC(=O)O)=C(O)c2cc(F)ccc21.C[C@]1(C#N)C(=O)C(C(=O)NCC(=O)O)=C(O)c2cc(F)ccc21. The van der Waals surface area contributed by atoms with Crippen molar-refractivity contribution in [2.24, 2.45) is 0 Å². The van der Waals surface area contributed by atoms with Crippen LogP contribution in [0.15, 0.2) is 47.5 Å². The quantitative estimate of drug-likeness (QED) is 0.246. The number of amides is 2. The van der Waals surface area contributed by atoms with Crippen molar-refractivity contribution in [3.63, 3.8) is 0 Å². The van der Waals surface area contributed by atoms with Crippen LogP contribution in [0.4, 0.5) is 8.78 Å². The van der Waals surface area contributed by atoms with Crippen LogP contribution < -0.4 is 10.6 Å². The summed E-state index contributed by atoms with van der Waals surface area (Å²) in [5.74, 6) is -10.0. The maximum Gasteiger partial charge on any atom is 0.322 e. The smallest absolute Gasteiger partial charge is 0.322 e. The highest BCUT2D eigenvalue weighted by Crippen LogP contribution is 2.40. The first-order valence-corrected chi connectivity index (χ1v) is 12.8. The molecule has 0 saturated carbocycles. The van der Waals surface area contributed by atoms with E-state index in [-0.39, 0.29) is 22.3 Å². The molecule has 2 amide bonds. The molecule has 46 heavy (non-hydrogen) atoms. The fourth-order valence-corrected chi connectivity index (χ4v) is 4.66. The van der Waals surface area contributed by atoms with E-state index in [1.54, 1.807) is 12.1 Å². The molecule has 0 spiro atoms. The molecule has 0 bridgehead atoms. The molecule has 0 saturated heterocycles. The second kappa shape index (κ2) is 12.7. The van der Waals surface area contributed by atoms with Gasteiger partial charge in [0.25, 0.3) is 11.8 Å². The number of nitrogens with zero attached hydrogens (tertiary/aromatic N) is 2. The monoisotopic (exact) mass is 636 g/mol. The van der Waals surface area contributed by atoms with E-state index in [9.17, 15) is 58.3 Å². The Morgan fingerprint density at radius 3 is 1.33 bits per heavy atom. The third-order valence-corrected chi connectivity index (χ3v) is 7.09. The topological polar surface area (TPSA) is 255 Å². The Balaban J connectivity index is 0.000000250. The van der Waals surface area contributed by atoms with Crippen LogP contribution >= 0.6 is 0 Å². The van der Waals surface area contributed by atoms with Crippen LogP contribution in [0.3, 0.4) is 0 Å². The molecule has 0 aliphatic heterocycles. The molecule has 0 aromatic heterocycles. The molecular weight excluding hydrogens is 614 g/mol. The summed E-state index contributed by atoms with van der Waals surface area (Å²) in [6, 6.07) is 9.77. The number of aliphatic hydroxyl groups is 2. The van der Waals surface area contributed by atoms with Gasteiger partial charge in [0.1, 0.15) is 58.2 Å². The molecule has 6 N–H and O–H groups in total. The van der Waals surface area contributed by atoms with Gasteiger partial charge in [-0.15, -0.1) is 0 Å². The molecule has 236 valence electrons. The molecule has 0 unspecified atom stereocenters. The summed E-state index contributed by atoms with van der Waals surface area (Å²) in [5.41, 5.74) is -5.32. The minimum atomic E-state index is -1.80.